The Balaban J connectivity index is 2.23. The van der Waals surface area contributed by atoms with E-state index in [9.17, 15) is 4.79 Å². The van der Waals surface area contributed by atoms with E-state index in [0.29, 0.717) is 36.0 Å². The van der Waals surface area contributed by atoms with Crippen molar-refractivity contribution in [1.82, 2.24) is 14.8 Å². The van der Waals surface area contributed by atoms with Gasteiger partial charge in [-0.2, -0.15) is 0 Å². The van der Waals surface area contributed by atoms with Crippen LogP contribution >= 0.6 is 11.6 Å². The van der Waals surface area contributed by atoms with Gasteiger partial charge in [0.15, 0.2) is 0 Å². The van der Waals surface area contributed by atoms with E-state index >= 15 is 0 Å². The first kappa shape index (κ1) is 15.0. The van der Waals surface area contributed by atoms with Crippen LogP contribution in [0, 0.1) is 0 Å². The van der Waals surface area contributed by atoms with Crippen LogP contribution in [0.25, 0.3) is 0 Å². The minimum absolute atomic E-state index is 0.154. The molecule has 110 valence electrons. The van der Waals surface area contributed by atoms with Gasteiger partial charge >= 0.3 is 0 Å². The fourth-order valence-corrected chi connectivity index (χ4v) is 2.58. The number of nitrogens with two attached hydrogens (primary N) is 1. The summed E-state index contributed by atoms with van der Waals surface area (Å²) in [7, 11) is 2.07. The molecule has 1 saturated heterocycles. The molecule has 1 aromatic rings. The van der Waals surface area contributed by atoms with Gasteiger partial charge in [0.2, 0.25) is 0 Å². The number of nitrogen functional groups attached to an aromatic ring is 1. The van der Waals surface area contributed by atoms with Crippen LogP contribution in [0.2, 0.25) is 5.02 Å². The molecule has 1 aliphatic rings. The number of hydrazine groups is 1. The first-order valence-electron chi connectivity index (χ1n) is 6.58. The number of hydrogen-bond donors (Lipinski definition) is 2. The summed E-state index contributed by atoms with van der Waals surface area (Å²) in [5.74, 6) is 5.59. The highest BCUT2D eigenvalue weighted by molar-refractivity contribution is 6.33. The van der Waals surface area contributed by atoms with Crippen LogP contribution in [-0.2, 0) is 0 Å². The highest BCUT2D eigenvalue weighted by Gasteiger charge is 2.31. The van der Waals surface area contributed by atoms with Crippen LogP contribution in [0.15, 0.2) is 12.1 Å². The third-order valence-corrected chi connectivity index (χ3v) is 4.15. The molecule has 2 heterocycles. The van der Waals surface area contributed by atoms with E-state index in [4.69, 9.17) is 17.4 Å². The number of carbonyl (C=O) groups excluding carboxylic acids is 1. The summed E-state index contributed by atoms with van der Waals surface area (Å²) in [6.07, 6.45) is 0. The van der Waals surface area contributed by atoms with Crippen molar-refractivity contribution in [2.75, 3.05) is 25.6 Å². The lowest BCUT2D eigenvalue weighted by Crippen LogP contribution is -2.56. The second-order valence-electron chi connectivity index (χ2n) is 5.24. The van der Waals surface area contributed by atoms with Crippen LogP contribution in [0.3, 0.4) is 0 Å². The fourth-order valence-electron chi connectivity index (χ4n) is 2.39. The van der Waals surface area contributed by atoms with Crippen LogP contribution in [0.1, 0.15) is 24.3 Å². The number of nitrogens with one attached hydrogen (secondary N) is 1. The molecule has 6 nitrogen and oxygen atoms in total. The average Bonchev–Trinajstić information content (AvgIpc) is 2.44. The number of pyridine rings is 1. The summed E-state index contributed by atoms with van der Waals surface area (Å²) in [6.45, 7) is 5.53. The zero-order valence-corrected chi connectivity index (χ0v) is 12.7. The number of anilines is 1. The van der Waals surface area contributed by atoms with Crippen LogP contribution < -0.4 is 11.3 Å². The SMILES string of the molecule is CC1CN(C(=O)c2nc(NN)ccc2Cl)CC(C)N1C. The van der Waals surface area contributed by atoms with Gasteiger partial charge in [0, 0.05) is 25.2 Å². The number of nitrogens with zero attached hydrogens (tertiary/aromatic N) is 3. The molecule has 2 rings (SSSR count). The van der Waals surface area contributed by atoms with Crippen molar-refractivity contribution in [3.8, 4) is 0 Å². The molecular formula is C13H20ClN5O. The molecule has 7 heteroatoms. The predicted molar refractivity (Wildman–Crippen MR) is 79.6 cm³/mol. The number of amides is 1. The second kappa shape index (κ2) is 5.95. The molecule has 1 aromatic heterocycles. The van der Waals surface area contributed by atoms with Crippen LogP contribution in [0.4, 0.5) is 5.82 Å². The Hall–Kier alpha value is -1.37. The van der Waals surface area contributed by atoms with Gasteiger partial charge in [0.05, 0.1) is 5.02 Å². The van der Waals surface area contributed by atoms with Crippen LogP contribution in [-0.4, -0.2) is 52.9 Å². The predicted octanol–water partition coefficient (Wildman–Crippen LogP) is 1.19. The molecule has 0 radical (unpaired) electrons. The molecule has 2 unspecified atom stereocenters. The second-order valence-corrected chi connectivity index (χ2v) is 5.65. The van der Waals surface area contributed by atoms with Crippen molar-refractivity contribution in [3.63, 3.8) is 0 Å². The summed E-state index contributed by atoms with van der Waals surface area (Å²) in [6, 6.07) is 3.86. The van der Waals surface area contributed by atoms with Gasteiger partial charge in [-0.1, -0.05) is 11.6 Å². The van der Waals surface area contributed by atoms with E-state index in [-0.39, 0.29) is 11.6 Å². The third kappa shape index (κ3) is 2.87. The number of rotatable bonds is 2. The Labute approximate surface area is 123 Å². The number of carbonyl (C=O) groups is 1. The van der Waals surface area contributed by atoms with Crippen molar-refractivity contribution in [2.45, 2.75) is 25.9 Å². The van der Waals surface area contributed by atoms with E-state index in [1.54, 1.807) is 17.0 Å². The number of likely N-dealkylation sites (N-methyl/N-ethyl adjacent to an activating group) is 1. The van der Waals surface area contributed by atoms with Crippen molar-refractivity contribution in [1.29, 1.82) is 0 Å². The third-order valence-electron chi connectivity index (χ3n) is 3.84. The molecule has 1 aliphatic heterocycles. The Morgan fingerprint density at radius 3 is 2.55 bits per heavy atom. The standard InChI is InChI=1S/C13H20ClN5O/c1-8-6-19(7-9(2)18(8)3)13(20)12-10(14)4-5-11(16-12)17-15/h4-5,8-9H,6-7,15H2,1-3H3,(H,16,17). The first-order chi connectivity index (χ1) is 9.43. The molecule has 0 aliphatic carbocycles. The normalized spacial score (nSPS) is 23.8. The van der Waals surface area contributed by atoms with Gasteiger partial charge < -0.3 is 10.3 Å². The quantitative estimate of drug-likeness (QED) is 0.633. The summed E-state index contributed by atoms with van der Waals surface area (Å²) in [4.78, 5) is 20.8. The van der Waals surface area contributed by atoms with E-state index in [1.165, 1.54) is 0 Å². The van der Waals surface area contributed by atoms with Crippen LogP contribution in [0.5, 0.6) is 0 Å². The largest absolute Gasteiger partial charge is 0.334 e. The fraction of sp³-hybridized carbons (Fsp3) is 0.538. The van der Waals surface area contributed by atoms with Gasteiger partial charge in [-0.3, -0.25) is 9.69 Å². The maximum atomic E-state index is 12.6. The number of hydrogen-bond acceptors (Lipinski definition) is 5. The van der Waals surface area contributed by atoms with E-state index < -0.39 is 0 Å². The van der Waals surface area contributed by atoms with Gasteiger partial charge in [-0.15, -0.1) is 0 Å². The minimum Gasteiger partial charge on any atom is -0.334 e. The smallest absolute Gasteiger partial charge is 0.274 e. The lowest BCUT2D eigenvalue weighted by atomic mass is 10.1. The zero-order chi connectivity index (χ0) is 14.9. The molecular weight excluding hydrogens is 278 g/mol. The van der Waals surface area contributed by atoms with Crippen molar-refractivity contribution < 1.29 is 4.79 Å². The van der Waals surface area contributed by atoms with E-state index in [1.807, 2.05) is 0 Å². The highest BCUT2D eigenvalue weighted by atomic mass is 35.5. The highest BCUT2D eigenvalue weighted by Crippen LogP contribution is 2.21. The van der Waals surface area contributed by atoms with Gasteiger partial charge in [-0.05, 0) is 33.0 Å². The van der Waals surface area contributed by atoms with E-state index in [0.717, 1.165) is 0 Å². The lowest BCUT2D eigenvalue weighted by Gasteiger charge is -2.42. The molecule has 3 N–H and O–H groups in total. The minimum atomic E-state index is -0.154. The Bertz CT molecular complexity index is 498. The molecule has 0 spiro atoms. The maximum absolute atomic E-state index is 12.6. The van der Waals surface area contributed by atoms with Crippen molar-refractivity contribution >= 4 is 23.3 Å². The zero-order valence-electron chi connectivity index (χ0n) is 11.9. The summed E-state index contributed by atoms with van der Waals surface area (Å²) in [5, 5.41) is 0.341. The Morgan fingerprint density at radius 2 is 2.00 bits per heavy atom. The summed E-state index contributed by atoms with van der Waals surface area (Å²) < 4.78 is 0. The van der Waals surface area contributed by atoms with Crippen molar-refractivity contribution in [3.05, 3.63) is 22.8 Å². The Kier molecular flexibility index (Phi) is 4.47. The number of piperazine rings is 1. The molecule has 0 aromatic carbocycles. The van der Waals surface area contributed by atoms with Gasteiger partial charge in [0.25, 0.3) is 5.91 Å². The monoisotopic (exact) mass is 297 g/mol. The first-order valence-corrected chi connectivity index (χ1v) is 6.96. The molecule has 0 bridgehead atoms. The number of aromatic nitrogens is 1. The summed E-state index contributed by atoms with van der Waals surface area (Å²) in [5.41, 5.74) is 2.67. The van der Waals surface area contributed by atoms with E-state index in [2.05, 4.69) is 36.2 Å². The van der Waals surface area contributed by atoms with Gasteiger partial charge in [-0.25, -0.2) is 10.8 Å². The lowest BCUT2D eigenvalue weighted by molar-refractivity contribution is 0.0410. The van der Waals surface area contributed by atoms with Gasteiger partial charge in [0.1, 0.15) is 11.5 Å². The number of halogens is 1. The topological polar surface area (TPSA) is 74.5 Å². The van der Waals surface area contributed by atoms with Crippen molar-refractivity contribution in [2.24, 2.45) is 5.84 Å². The maximum Gasteiger partial charge on any atom is 0.274 e. The molecule has 20 heavy (non-hydrogen) atoms. The molecule has 1 fully saturated rings. The summed E-state index contributed by atoms with van der Waals surface area (Å²) >= 11 is 6.08. The average molecular weight is 298 g/mol. The molecule has 1 amide bonds. The molecule has 0 saturated carbocycles. The Morgan fingerprint density at radius 1 is 1.40 bits per heavy atom. The molecule has 2 atom stereocenters.